The first-order valence-electron chi connectivity index (χ1n) is 12.3. The number of aromatic nitrogens is 1. The predicted molar refractivity (Wildman–Crippen MR) is 143 cm³/mol. The highest BCUT2D eigenvalue weighted by Gasteiger charge is 2.55. The number of hydrogen-bond donors (Lipinski definition) is 3. The van der Waals surface area contributed by atoms with Gasteiger partial charge in [-0.05, 0) is 23.5 Å². The van der Waals surface area contributed by atoms with Crippen molar-refractivity contribution in [1.29, 1.82) is 0 Å². The van der Waals surface area contributed by atoms with Crippen molar-refractivity contribution in [3.63, 3.8) is 0 Å². The first-order chi connectivity index (χ1) is 19.5. The molecule has 0 spiro atoms. The van der Waals surface area contributed by atoms with Crippen LogP contribution in [0.25, 0.3) is 0 Å². The quantitative estimate of drug-likeness (QED) is 0.0790. The Morgan fingerprint density at radius 3 is 2.55 bits per heavy atom. The number of rotatable bonds is 6. The minimum absolute atomic E-state index is 0.00543. The highest BCUT2D eigenvalue weighted by atomic mass is 32.2. The lowest BCUT2D eigenvalue weighted by atomic mass is 9.96. The highest BCUT2D eigenvalue weighted by Crippen LogP contribution is 2.42. The van der Waals surface area contributed by atoms with E-state index in [1.165, 1.54) is 11.5 Å². The summed E-state index contributed by atoms with van der Waals surface area (Å²) in [6, 6.07) is -1.29. The number of esters is 2. The van der Waals surface area contributed by atoms with E-state index in [9.17, 15) is 42.4 Å². The van der Waals surface area contributed by atoms with Gasteiger partial charge in [0.2, 0.25) is 5.91 Å². The average Bonchev–Trinajstić information content (AvgIpc) is 3.46. The molecule has 0 aliphatic carbocycles. The summed E-state index contributed by atoms with van der Waals surface area (Å²) in [5.41, 5.74) is 4.34. The van der Waals surface area contributed by atoms with Crippen LogP contribution in [0.2, 0.25) is 0 Å². The second-order valence-electron chi connectivity index (χ2n) is 10.6. The molecule has 226 valence electrons. The van der Waals surface area contributed by atoms with Gasteiger partial charge in [-0.25, -0.2) is 14.6 Å². The number of carbonyl (C=O) groups is 5. The van der Waals surface area contributed by atoms with E-state index in [2.05, 4.69) is 20.2 Å². The predicted octanol–water partition coefficient (Wildman–Crippen LogP) is 1.39. The Morgan fingerprint density at radius 1 is 1.29 bits per heavy atom. The van der Waals surface area contributed by atoms with Gasteiger partial charge in [0.05, 0.1) is 0 Å². The summed E-state index contributed by atoms with van der Waals surface area (Å²) in [6.07, 6.45) is -3.88. The fourth-order valence-corrected chi connectivity index (χ4v) is 6.34. The number of likely N-dealkylation sites (tertiary alicyclic amines) is 1. The first-order valence-corrected chi connectivity index (χ1v) is 14.2. The molecule has 13 nitrogen and oxygen atoms in total. The normalized spacial score (nSPS) is 22.3. The van der Waals surface area contributed by atoms with E-state index in [1.54, 1.807) is 4.90 Å². The molecular formula is C24H25F3N6O7S2. The average molecular weight is 631 g/mol. The van der Waals surface area contributed by atoms with Crippen LogP contribution in [-0.4, -0.2) is 91.8 Å². The summed E-state index contributed by atoms with van der Waals surface area (Å²) in [6.45, 7) is 6.65. The van der Waals surface area contributed by atoms with Crippen LogP contribution >= 0.6 is 23.1 Å². The van der Waals surface area contributed by atoms with Crippen LogP contribution in [0.15, 0.2) is 33.5 Å². The van der Waals surface area contributed by atoms with E-state index >= 15 is 0 Å². The Hall–Kier alpha value is -3.93. The Labute approximate surface area is 244 Å². The number of ether oxygens (including phenoxy) is 1. The number of fused-ring (bicyclic) bond motifs is 1. The van der Waals surface area contributed by atoms with Gasteiger partial charge >= 0.3 is 18.1 Å². The zero-order valence-electron chi connectivity index (χ0n) is 22.4. The van der Waals surface area contributed by atoms with Gasteiger partial charge < -0.3 is 25.9 Å². The van der Waals surface area contributed by atoms with E-state index in [1.807, 2.05) is 20.8 Å². The van der Waals surface area contributed by atoms with E-state index in [0.29, 0.717) is 13.1 Å². The molecule has 0 radical (unpaired) electrons. The van der Waals surface area contributed by atoms with Crippen molar-refractivity contribution in [2.24, 2.45) is 10.6 Å². The van der Waals surface area contributed by atoms with Crippen LogP contribution in [0.1, 0.15) is 32.9 Å². The van der Waals surface area contributed by atoms with Gasteiger partial charge in [0.25, 0.3) is 11.8 Å². The minimum Gasteiger partial charge on any atom is -0.410 e. The molecule has 18 heteroatoms. The summed E-state index contributed by atoms with van der Waals surface area (Å²) in [4.78, 5) is 69.5. The standard InChI is InChI=1S/C24H25F3N6O7S2/c1-23(2,3)9-32-5-4-10(17(32)35)6-11-7-41-19-14(30-16(34)13(31-39)12-8-42-22(28)29-12)18(36)33(19)15(11)20(37)40-21(38)24(25,26)27/h6,8,14,19,39H,4-5,7,9H2,1-3H3,(H2,28,29)(H,30,34)/b10-6+,31-13-/t14-,19-/m1/s1. The van der Waals surface area contributed by atoms with Crippen molar-refractivity contribution in [3.8, 4) is 0 Å². The Kier molecular flexibility index (Phi) is 8.41. The molecule has 3 aliphatic heterocycles. The molecule has 4 rings (SSSR count). The molecule has 4 N–H and O–H groups in total. The maximum Gasteiger partial charge on any atom is 0.491 e. The largest absolute Gasteiger partial charge is 0.491 e. The van der Waals surface area contributed by atoms with E-state index < -0.39 is 52.8 Å². The number of thiazole rings is 1. The molecule has 0 aromatic carbocycles. The Balaban J connectivity index is 1.62. The van der Waals surface area contributed by atoms with Gasteiger partial charge in [-0.3, -0.25) is 19.3 Å². The zero-order chi connectivity index (χ0) is 31.1. The van der Waals surface area contributed by atoms with Crippen LogP contribution < -0.4 is 11.1 Å². The van der Waals surface area contributed by atoms with Crippen molar-refractivity contribution in [1.82, 2.24) is 20.1 Å². The van der Waals surface area contributed by atoms with Gasteiger partial charge in [0, 0.05) is 29.8 Å². The third-order valence-corrected chi connectivity index (χ3v) is 8.18. The van der Waals surface area contributed by atoms with Crippen molar-refractivity contribution in [2.75, 3.05) is 24.6 Å². The third-order valence-electron chi connectivity index (χ3n) is 6.20. The van der Waals surface area contributed by atoms with Gasteiger partial charge in [0.1, 0.15) is 22.8 Å². The molecule has 2 atom stereocenters. The maximum atomic E-state index is 13.2. The number of thioether (sulfide) groups is 1. The number of alkyl halides is 3. The van der Waals surface area contributed by atoms with Crippen LogP contribution in [0.3, 0.4) is 0 Å². The fourth-order valence-electron chi connectivity index (χ4n) is 4.49. The first kappa shape index (κ1) is 31.0. The second-order valence-corrected chi connectivity index (χ2v) is 12.6. The molecule has 2 fully saturated rings. The molecule has 42 heavy (non-hydrogen) atoms. The SMILES string of the molecule is CC(C)(C)CN1CC/C(=C\C2=C(C(=O)OC(=O)C(F)(F)F)N3C(=O)[C@@H](NC(=O)/C(=N\O)c4csc(N)n4)[C@H]3SC2)C1=O. The van der Waals surface area contributed by atoms with Crippen molar-refractivity contribution in [2.45, 2.75) is 44.8 Å². The van der Waals surface area contributed by atoms with Gasteiger partial charge in [-0.2, -0.15) is 13.2 Å². The summed E-state index contributed by atoms with van der Waals surface area (Å²) in [5.74, 6) is -6.85. The zero-order valence-corrected chi connectivity index (χ0v) is 24.0. The molecule has 3 amide bonds. The van der Waals surface area contributed by atoms with Crippen LogP contribution in [0.4, 0.5) is 18.3 Å². The number of hydrogen-bond acceptors (Lipinski definition) is 12. The number of carbonyl (C=O) groups excluding carboxylic acids is 5. The maximum absolute atomic E-state index is 13.2. The van der Waals surface area contributed by atoms with E-state index in [-0.39, 0.29) is 45.5 Å². The molecule has 0 saturated carbocycles. The Morgan fingerprint density at radius 2 is 1.98 bits per heavy atom. The molecule has 3 aliphatic rings. The topological polar surface area (TPSA) is 185 Å². The summed E-state index contributed by atoms with van der Waals surface area (Å²) < 4.78 is 42.7. The summed E-state index contributed by atoms with van der Waals surface area (Å²) >= 11 is 2.01. The van der Waals surface area contributed by atoms with Crippen molar-refractivity contribution >= 4 is 63.6 Å². The molecule has 1 aromatic rings. The third kappa shape index (κ3) is 6.28. The number of nitrogens with two attached hydrogens (primary N) is 1. The fraction of sp³-hybridized carbons (Fsp3) is 0.458. The number of allylic oxidation sites excluding steroid dienone is 1. The number of nitrogens with one attached hydrogen (secondary N) is 1. The van der Waals surface area contributed by atoms with Crippen LogP contribution in [-0.2, 0) is 28.7 Å². The number of nitrogen functional groups attached to an aromatic ring is 1. The molecule has 2 saturated heterocycles. The van der Waals surface area contributed by atoms with Crippen LogP contribution in [0.5, 0.6) is 0 Å². The number of nitrogens with zero attached hydrogens (tertiary/aromatic N) is 4. The van der Waals surface area contributed by atoms with E-state index in [4.69, 9.17) is 5.73 Å². The Bertz CT molecular complexity index is 1450. The molecule has 0 bridgehead atoms. The lowest BCUT2D eigenvalue weighted by Crippen LogP contribution is -2.71. The lowest BCUT2D eigenvalue weighted by Gasteiger charge is -2.49. The van der Waals surface area contributed by atoms with Gasteiger partial charge in [0.15, 0.2) is 10.8 Å². The lowest BCUT2D eigenvalue weighted by molar-refractivity contribution is -0.201. The molecular weight excluding hydrogens is 605 g/mol. The number of amides is 3. The van der Waals surface area contributed by atoms with E-state index in [0.717, 1.165) is 28.0 Å². The molecule has 0 unspecified atom stereocenters. The number of anilines is 1. The minimum atomic E-state index is -5.48. The monoisotopic (exact) mass is 630 g/mol. The van der Waals surface area contributed by atoms with Crippen molar-refractivity contribution in [3.05, 3.63) is 34.0 Å². The summed E-state index contributed by atoms with van der Waals surface area (Å²) in [5, 5.41) is 15.0. The second kappa shape index (κ2) is 11.4. The molecule has 1 aromatic heterocycles. The number of oxime groups is 1. The number of halogens is 3. The molecule has 4 heterocycles. The van der Waals surface area contributed by atoms with Gasteiger partial charge in [-0.1, -0.05) is 25.9 Å². The number of β-lactam (4-membered cyclic amide) rings is 1. The smallest absolute Gasteiger partial charge is 0.410 e. The summed E-state index contributed by atoms with van der Waals surface area (Å²) in [7, 11) is 0. The van der Waals surface area contributed by atoms with Crippen molar-refractivity contribution < 1.29 is 47.1 Å². The highest BCUT2D eigenvalue weighted by molar-refractivity contribution is 8.00. The van der Waals surface area contributed by atoms with Gasteiger partial charge in [-0.15, -0.1) is 23.1 Å². The van der Waals surface area contributed by atoms with Crippen LogP contribution in [0, 0.1) is 5.41 Å².